The third kappa shape index (κ3) is 53.5. The minimum atomic E-state index is 0.121. The van der Waals surface area contributed by atoms with Crippen LogP contribution in [0.3, 0.4) is 0 Å². The van der Waals surface area contributed by atoms with E-state index in [1.54, 1.807) is 63.4 Å². The van der Waals surface area contributed by atoms with Crippen molar-refractivity contribution < 1.29 is 38.1 Å². The van der Waals surface area contributed by atoms with Gasteiger partial charge in [-0.2, -0.15) is 0 Å². The third-order valence-corrected chi connectivity index (χ3v) is 12.7. The van der Waals surface area contributed by atoms with Gasteiger partial charge in [-0.05, 0) is 105 Å². The Kier molecular flexibility index (Phi) is 66.4. The molecule has 0 heterocycles. The Morgan fingerprint density at radius 2 is 0.308 bits per heavy atom. The lowest BCUT2D eigenvalue weighted by atomic mass is 10.1. The van der Waals surface area contributed by atoms with Crippen molar-refractivity contribution in [3.05, 3.63) is 398 Å². The molecule has 13 aromatic rings. The van der Waals surface area contributed by atoms with E-state index in [2.05, 4.69) is 140 Å². The van der Waals surface area contributed by atoms with E-state index in [9.17, 15) is 14.4 Å². The Bertz CT molecular complexity index is 3420. The Labute approximate surface area is 627 Å². The molecule has 0 N–H and O–H groups in total. The fourth-order valence-corrected chi connectivity index (χ4v) is 7.58. The molecule has 0 aromatic heterocycles. The van der Waals surface area contributed by atoms with Gasteiger partial charge >= 0.3 is 0 Å². The van der Waals surface area contributed by atoms with Crippen molar-refractivity contribution >= 4 is 38.9 Å². The van der Waals surface area contributed by atoms with Crippen LogP contribution in [0.25, 0.3) is 21.5 Å². The van der Waals surface area contributed by atoms with Crippen molar-refractivity contribution in [2.45, 2.75) is 90.0 Å². The van der Waals surface area contributed by atoms with E-state index in [4.69, 9.17) is 18.9 Å². The molecular formula is C96H118O8. The number of para-hydroxylation sites is 4. The molecule has 0 saturated carbocycles. The number of methoxy groups -OCH3 is 5. The van der Waals surface area contributed by atoms with Crippen molar-refractivity contribution in [3.63, 3.8) is 0 Å². The predicted octanol–water partition coefficient (Wildman–Crippen LogP) is 26.5. The molecule has 0 spiro atoms. The molecule has 0 aliphatic carbocycles. The van der Waals surface area contributed by atoms with Gasteiger partial charge in [0.1, 0.15) is 23.0 Å². The molecule has 0 unspecified atom stereocenters. The Morgan fingerprint density at radius 3 is 0.394 bits per heavy atom. The number of ketones is 3. The van der Waals surface area contributed by atoms with Crippen molar-refractivity contribution in [2.75, 3.05) is 42.7 Å². The van der Waals surface area contributed by atoms with E-state index >= 15 is 0 Å². The monoisotopic (exact) mass is 1400 g/mol. The molecule has 8 heteroatoms. The fourth-order valence-electron chi connectivity index (χ4n) is 7.58. The highest BCUT2D eigenvalue weighted by atomic mass is 16.5. The van der Waals surface area contributed by atoms with Gasteiger partial charge in [-0.1, -0.05) is 388 Å². The van der Waals surface area contributed by atoms with Gasteiger partial charge in [-0.25, -0.2) is 0 Å². The van der Waals surface area contributed by atoms with E-state index in [0.717, 1.165) is 39.7 Å². The number of hydrogen-bond acceptors (Lipinski definition) is 8. The topological polar surface area (TPSA) is 97.4 Å². The predicted molar refractivity (Wildman–Crippen MR) is 450 cm³/mol. The third-order valence-electron chi connectivity index (χ3n) is 12.7. The summed E-state index contributed by atoms with van der Waals surface area (Å²) >= 11 is 0. The average molecular weight is 1400 g/mol. The summed E-state index contributed by atoms with van der Waals surface area (Å²) in [7, 11) is 9.90. The highest BCUT2D eigenvalue weighted by Crippen LogP contribution is 2.13. The number of carbonyl (C=O) groups excluding carboxylic acids is 3. The molecule has 0 fully saturated rings. The lowest BCUT2D eigenvalue weighted by molar-refractivity contribution is 0.100. The lowest BCUT2D eigenvalue weighted by Gasteiger charge is -1.93. The first-order valence-electron chi connectivity index (χ1n) is 35.1. The van der Waals surface area contributed by atoms with Crippen LogP contribution in [-0.4, -0.2) is 60.0 Å². The standard InChI is InChI=1S/2C10H8.3C8H8O.4C7H8O.2C7H8.C2H6O.4C2H6/c2*1-2-6-10-8-4-3-7-9(10)5-1;3*1-7(9)8-5-3-2-4-6-8;4*1-8-7-5-3-2-4-6-7;2*1-7-5-3-2-4-6-7;1-3-2;4*1-2/h2*1-8H;3*2-6H,1H3;4*2-6H,1H3;2*2-6H,1H3;1-2H3;4*1-2H3. The van der Waals surface area contributed by atoms with E-state index in [1.165, 1.54) is 32.7 Å². The van der Waals surface area contributed by atoms with E-state index in [0.29, 0.717) is 0 Å². The molecule has 0 amide bonds. The molecule has 13 rings (SSSR count). The Hall–Kier alpha value is -11.5. The van der Waals surface area contributed by atoms with E-state index in [1.807, 2.05) is 304 Å². The van der Waals surface area contributed by atoms with Crippen LogP contribution in [0.15, 0.2) is 370 Å². The van der Waals surface area contributed by atoms with Gasteiger partial charge in [0.05, 0.1) is 28.4 Å². The van der Waals surface area contributed by atoms with Crippen LogP contribution in [0.1, 0.15) is 118 Å². The summed E-state index contributed by atoms with van der Waals surface area (Å²) in [4.78, 5) is 31.9. The molecule has 0 radical (unpaired) electrons. The van der Waals surface area contributed by atoms with Gasteiger partial charge in [0.15, 0.2) is 17.3 Å². The number of aryl methyl sites for hydroxylation is 2. The Balaban J connectivity index is -0.00000107. The lowest BCUT2D eigenvalue weighted by Crippen LogP contribution is -1.88. The molecule has 104 heavy (non-hydrogen) atoms. The van der Waals surface area contributed by atoms with Gasteiger partial charge in [0.2, 0.25) is 0 Å². The maximum Gasteiger partial charge on any atom is 0.159 e. The number of fused-ring (bicyclic) bond motifs is 2. The van der Waals surface area contributed by atoms with E-state index in [-0.39, 0.29) is 17.3 Å². The normalized spacial score (nSPS) is 8.49. The van der Waals surface area contributed by atoms with Crippen molar-refractivity contribution in [1.29, 1.82) is 0 Å². The van der Waals surface area contributed by atoms with Gasteiger partial charge < -0.3 is 23.7 Å². The van der Waals surface area contributed by atoms with Crippen molar-refractivity contribution in [3.8, 4) is 23.0 Å². The minimum Gasteiger partial charge on any atom is -0.497 e. The Morgan fingerprint density at radius 1 is 0.192 bits per heavy atom. The van der Waals surface area contributed by atoms with Gasteiger partial charge in [0.25, 0.3) is 0 Å². The van der Waals surface area contributed by atoms with Gasteiger partial charge in [-0.15, -0.1) is 0 Å². The number of carbonyl (C=O) groups is 3. The van der Waals surface area contributed by atoms with E-state index < -0.39 is 0 Å². The van der Waals surface area contributed by atoms with Crippen LogP contribution in [0, 0.1) is 13.8 Å². The summed E-state index contributed by atoms with van der Waals surface area (Å²) in [5.74, 6) is 4.00. The first-order chi connectivity index (χ1) is 50.8. The number of rotatable bonds is 7. The summed E-state index contributed by atoms with van der Waals surface area (Å²) < 4.78 is 23.9. The second-order valence-electron chi connectivity index (χ2n) is 20.2. The molecule has 0 saturated heterocycles. The number of Topliss-reactive ketones (excluding diaryl/α,β-unsaturated/α-hetero) is 3. The largest absolute Gasteiger partial charge is 0.497 e. The van der Waals surface area contributed by atoms with Crippen LogP contribution < -0.4 is 18.9 Å². The average Bonchev–Trinajstić information content (AvgIpc) is 0.883. The number of benzene rings is 13. The molecular weight excluding hydrogens is 1280 g/mol. The zero-order valence-electron chi connectivity index (χ0n) is 65.5. The van der Waals surface area contributed by atoms with Gasteiger partial charge in [-0.3, -0.25) is 14.4 Å². The summed E-state index contributed by atoms with van der Waals surface area (Å²) in [6, 6.07) is 120. The summed E-state index contributed by atoms with van der Waals surface area (Å²) in [6.45, 7) is 24.9. The van der Waals surface area contributed by atoms with Crippen LogP contribution in [0.5, 0.6) is 23.0 Å². The molecule has 0 aliphatic heterocycles. The fraction of sp³-hybridized carbons (Fsp3) is 0.198. The highest BCUT2D eigenvalue weighted by Gasteiger charge is 1.95. The highest BCUT2D eigenvalue weighted by molar-refractivity contribution is 5.95. The SMILES string of the molecule is CC.CC.CC.CC.CC(=O)c1ccccc1.CC(=O)c1ccccc1.CC(=O)c1ccccc1.COC.COc1ccccc1.COc1ccccc1.COc1ccccc1.COc1ccccc1.Cc1ccccc1.Cc1ccccc1.c1ccc2ccccc2c1.c1ccc2ccccc2c1. The van der Waals surface area contributed by atoms with Crippen LogP contribution in [0.2, 0.25) is 0 Å². The van der Waals surface area contributed by atoms with Crippen molar-refractivity contribution in [2.24, 2.45) is 0 Å². The van der Waals surface area contributed by atoms with Crippen LogP contribution >= 0.6 is 0 Å². The first-order valence-corrected chi connectivity index (χ1v) is 35.1. The molecule has 13 aromatic carbocycles. The molecule has 0 aliphatic rings. The zero-order valence-corrected chi connectivity index (χ0v) is 65.5. The summed E-state index contributed by atoms with van der Waals surface area (Å²) in [6.07, 6.45) is 0. The number of ether oxygens (including phenoxy) is 5. The maximum absolute atomic E-state index is 10.6. The second-order valence-corrected chi connectivity index (χ2v) is 20.2. The van der Waals surface area contributed by atoms with Crippen molar-refractivity contribution in [1.82, 2.24) is 0 Å². The van der Waals surface area contributed by atoms with Crippen LogP contribution in [0.4, 0.5) is 0 Å². The molecule has 0 atom stereocenters. The molecule has 550 valence electrons. The zero-order chi connectivity index (χ0) is 77.9. The summed E-state index contributed by atoms with van der Waals surface area (Å²) in [5, 5.41) is 5.24. The first kappa shape index (κ1) is 96.7. The van der Waals surface area contributed by atoms with Crippen LogP contribution in [-0.2, 0) is 4.74 Å². The second kappa shape index (κ2) is 71.4. The quantitative estimate of drug-likeness (QED) is 0.146. The summed E-state index contributed by atoms with van der Waals surface area (Å²) in [5.41, 5.74) is 4.97. The maximum atomic E-state index is 10.6. The smallest absolute Gasteiger partial charge is 0.159 e. The minimum absolute atomic E-state index is 0.121. The van der Waals surface area contributed by atoms with Gasteiger partial charge in [0, 0.05) is 30.9 Å². The number of hydrogen-bond donors (Lipinski definition) is 0. The molecule has 8 nitrogen and oxygen atoms in total. The molecule has 0 bridgehead atoms.